The van der Waals surface area contributed by atoms with Gasteiger partial charge in [0.05, 0.1) is 0 Å². The van der Waals surface area contributed by atoms with Crippen molar-refractivity contribution in [2.24, 2.45) is 0 Å². The molecule has 2 heterocycles. The fourth-order valence-electron chi connectivity index (χ4n) is 1.17. The molecule has 0 aliphatic heterocycles. The molecule has 0 amide bonds. The summed E-state index contributed by atoms with van der Waals surface area (Å²) in [6.07, 6.45) is 7.59. The van der Waals surface area contributed by atoms with Crippen LogP contribution in [0.25, 0.3) is 5.65 Å². The van der Waals surface area contributed by atoms with Crippen molar-refractivity contribution in [1.29, 1.82) is 0 Å². The molecule has 0 saturated carbocycles. The maximum absolute atomic E-state index is 4.28. The first-order valence-electron chi connectivity index (χ1n) is 3.65. The Morgan fingerprint density at radius 3 is 3.00 bits per heavy atom. The van der Waals surface area contributed by atoms with Crippen LogP contribution < -0.4 is 0 Å². The van der Waals surface area contributed by atoms with Gasteiger partial charge in [-0.2, -0.15) is 0 Å². The molecule has 0 aliphatic rings. The lowest BCUT2D eigenvalue weighted by molar-refractivity contribution is 0.895. The summed E-state index contributed by atoms with van der Waals surface area (Å²) in [6, 6.07) is 0. The van der Waals surface area contributed by atoms with E-state index in [9.17, 15) is 0 Å². The van der Waals surface area contributed by atoms with E-state index in [0.29, 0.717) is 0 Å². The van der Waals surface area contributed by atoms with Crippen LogP contribution in [0, 0.1) is 6.92 Å². The number of aryl methyl sites for hydroxylation is 1. The van der Waals surface area contributed by atoms with Crippen LogP contribution >= 0.6 is 11.8 Å². The van der Waals surface area contributed by atoms with Crippen LogP contribution in [0.5, 0.6) is 0 Å². The van der Waals surface area contributed by atoms with Gasteiger partial charge in [0.1, 0.15) is 5.65 Å². The Morgan fingerprint density at radius 2 is 2.25 bits per heavy atom. The maximum atomic E-state index is 4.28. The first-order valence-corrected chi connectivity index (χ1v) is 4.88. The maximum Gasteiger partial charge on any atom is 0.173 e. The third kappa shape index (κ3) is 0.992. The van der Waals surface area contributed by atoms with Gasteiger partial charge in [0.15, 0.2) is 5.16 Å². The summed E-state index contributed by atoms with van der Waals surface area (Å²) in [5.74, 6) is 0. The standard InChI is InChI=1S/C8H9N3S/c1-6-5-10-8(12-2)11-4-3-9-7(6)11/h3-5H,1-2H3. The van der Waals surface area contributed by atoms with Crippen molar-refractivity contribution in [3.63, 3.8) is 0 Å². The summed E-state index contributed by atoms with van der Waals surface area (Å²) in [5.41, 5.74) is 2.10. The normalized spacial score (nSPS) is 10.8. The Morgan fingerprint density at radius 1 is 1.42 bits per heavy atom. The molecule has 0 atom stereocenters. The molecule has 0 aliphatic carbocycles. The van der Waals surface area contributed by atoms with Crippen LogP contribution in [-0.2, 0) is 0 Å². The van der Waals surface area contributed by atoms with Crippen LogP contribution in [0.2, 0.25) is 0 Å². The van der Waals surface area contributed by atoms with Crippen molar-refractivity contribution in [3.8, 4) is 0 Å². The highest BCUT2D eigenvalue weighted by Gasteiger charge is 2.02. The van der Waals surface area contributed by atoms with E-state index in [-0.39, 0.29) is 0 Å². The zero-order chi connectivity index (χ0) is 8.55. The first-order chi connectivity index (χ1) is 5.83. The molecule has 0 bridgehead atoms. The minimum atomic E-state index is 0.980. The minimum absolute atomic E-state index is 0.980. The second-order valence-corrected chi connectivity index (χ2v) is 3.32. The largest absolute Gasteiger partial charge is 0.279 e. The lowest BCUT2D eigenvalue weighted by Crippen LogP contribution is -1.94. The van der Waals surface area contributed by atoms with Gasteiger partial charge in [-0.1, -0.05) is 11.8 Å². The van der Waals surface area contributed by atoms with Crippen LogP contribution in [-0.4, -0.2) is 20.6 Å². The minimum Gasteiger partial charge on any atom is -0.279 e. The third-order valence-electron chi connectivity index (χ3n) is 1.75. The zero-order valence-corrected chi connectivity index (χ0v) is 7.80. The predicted molar refractivity (Wildman–Crippen MR) is 49.5 cm³/mol. The van der Waals surface area contributed by atoms with Crippen LogP contribution in [0.4, 0.5) is 0 Å². The van der Waals surface area contributed by atoms with Gasteiger partial charge in [-0.3, -0.25) is 4.40 Å². The van der Waals surface area contributed by atoms with Gasteiger partial charge in [-0.25, -0.2) is 9.97 Å². The molecule has 0 unspecified atom stereocenters. The van der Waals surface area contributed by atoms with Crippen molar-refractivity contribution >= 4 is 17.4 Å². The number of fused-ring (bicyclic) bond motifs is 1. The molecule has 2 rings (SSSR count). The molecule has 12 heavy (non-hydrogen) atoms. The SMILES string of the molecule is CSc1ncc(C)c2nccn12. The lowest BCUT2D eigenvalue weighted by Gasteiger charge is -2.01. The highest BCUT2D eigenvalue weighted by atomic mass is 32.2. The van der Waals surface area contributed by atoms with Gasteiger partial charge in [-0.15, -0.1) is 0 Å². The third-order valence-corrected chi connectivity index (χ3v) is 2.42. The average Bonchev–Trinajstić information content (AvgIpc) is 2.54. The molecule has 2 aromatic rings. The van der Waals surface area contributed by atoms with E-state index in [1.165, 1.54) is 0 Å². The molecule has 0 aromatic carbocycles. The summed E-state index contributed by atoms with van der Waals surface area (Å²) in [6.45, 7) is 2.01. The average molecular weight is 179 g/mol. The van der Waals surface area contributed by atoms with E-state index in [0.717, 1.165) is 16.4 Å². The van der Waals surface area contributed by atoms with Crippen molar-refractivity contribution in [2.75, 3.05) is 6.26 Å². The lowest BCUT2D eigenvalue weighted by atomic mass is 10.4. The summed E-state index contributed by atoms with van der Waals surface area (Å²) in [4.78, 5) is 8.52. The fourth-order valence-corrected chi connectivity index (χ4v) is 1.67. The van der Waals surface area contributed by atoms with Gasteiger partial charge in [0.2, 0.25) is 0 Å². The Hall–Kier alpha value is -1.03. The predicted octanol–water partition coefficient (Wildman–Crippen LogP) is 1.76. The van der Waals surface area contributed by atoms with E-state index in [2.05, 4.69) is 9.97 Å². The van der Waals surface area contributed by atoms with E-state index >= 15 is 0 Å². The summed E-state index contributed by atoms with van der Waals surface area (Å²) in [5, 5.41) is 0.980. The fraction of sp³-hybridized carbons (Fsp3) is 0.250. The summed E-state index contributed by atoms with van der Waals surface area (Å²) >= 11 is 1.62. The van der Waals surface area contributed by atoms with Crippen molar-refractivity contribution in [1.82, 2.24) is 14.4 Å². The molecule has 0 fully saturated rings. The molecule has 0 saturated heterocycles. The molecular weight excluding hydrogens is 170 g/mol. The zero-order valence-electron chi connectivity index (χ0n) is 6.98. The van der Waals surface area contributed by atoms with Crippen molar-refractivity contribution in [2.45, 2.75) is 12.1 Å². The molecule has 0 spiro atoms. The van der Waals surface area contributed by atoms with Gasteiger partial charge in [0.25, 0.3) is 0 Å². The molecule has 3 nitrogen and oxygen atoms in total. The number of hydrogen-bond acceptors (Lipinski definition) is 3. The number of thioether (sulfide) groups is 1. The van der Waals surface area contributed by atoms with E-state index in [1.807, 2.05) is 30.0 Å². The Labute approximate surface area is 74.8 Å². The first kappa shape index (κ1) is 7.61. The van der Waals surface area contributed by atoms with Crippen LogP contribution in [0.15, 0.2) is 23.7 Å². The second-order valence-electron chi connectivity index (χ2n) is 2.55. The summed E-state index contributed by atoms with van der Waals surface area (Å²) in [7, 11) is 0. The summed E-state index contributed by atoms with van der Waals surface area (Å²) < 4.78 is 2.00. The molecule has 2 aromatic heterocycles. The molecule has 0 radical (unpaired) electrons. The van der Waals surface area contributed by atoms with Gasteiger partial charge in [0, 0.05) is 24.2 Å². The number of rotatable bonds is 1. The number of aromatic nitrogens is 3. The van der Waals surface area contributed by atoms with E-state index in [4.69, 9.17) is 0 Å². The molecular formula is C8H9N3S. The smallest absolute Gasteiger partial charge is 0.173 e. The topological polar surface area (TPSA) is 30.2 Å². The van der Waals surface area contributed by atoms with Crippen LogP contribution in [0.3, 0.4) is 0 Å². The highest BCUT2D eigenvalue weighted by Crippen LogP contribution is 2.15. The van der Waals surface area contributed by atoms with Gasteiger partial charge >= 0.3 is 0 Å². The second kappa shape index (κ2) is 2.79. The van der Waals surface area contributed by atoms with E-state index < -0.39 is 0 Å². The van der Waals surface area contributed by atoms with Gasteiger partial charge < -0.3 is 0 Å². The Bertz CT molecular complexity index is 408. The number of imidazole rings is 1. The number of nitrogens with zero attached hydrogens (tertiary/aromatic N) is 3. The molecule has 4 heteroatoms. The molecule has 0 N–H and O–H groups in total. The van der Waals surface area contributed by atoms with Crippen molar-refractivity contribution in [3.05, 3.63) is 24.2 Å². The quantitative estimate of drug-likeness (QED) is 0.493. The van der Waals surface area contributed by atoms with Crippen LogP contribution in [0.1, 0.15) is 5.56 Å². The van der Waals surface area contributed by atoms with Gasteiger partial charge in [-0.05, 0) is 13.2 Å². The highest BCUT2D eigenvalue weighted by molar-refractivity contribution is 7.98. The van der Waals surface area contributed by atoms with Crippen molar-refractivity contribution < 1.29 is 0 Å². The monoisotopic (exact) mass is 179 g/mol. The number of hydrogen-bond donors (Lipinski definition) is 0. The molecule has 62 valence electrons. The van der Waals surface area contributed by atoms with E-state index in [1.54, 1.807) is 18.0 Å². The Balaban J connectivity index is 2.82. The Kier molecular flexibility index (Phi) is 1.77.